The normalized spacial score (nSPS) is 16.3. The topological polar surface area (TPSA) is 108 Å². The Bertz CT molecular complexity index is 1030. The molecular weight excluding hydrogens is 388 g/mol. The molecule has 3 aromatic rings. The van der Waals surface area contributed by atoms with Crippen LogP contribution < -0.4 is 19.5 Å². The third kappa shape index (κ3) is 3.76. The predicted molar refractivity (Wildman–Crippen MR) is 110 cm³/mol. The van der Waals surface area contributed by atoms with Crippen molar-refractivity contribution in [2.45, 2.75) is 18.9 Å². The summed E-state index contributed by atoms with van der Waals surface area (Å²) in [6.07, 6.45) is 5.10. The zero-order valence-corrected chi connectivity index (χ0v) is 17.2. The predicted octanol–water partition coefficient (Wildman–Crippen LogP) is 2.56. The highest BCUT2D eigenvalue weighted by atomic mass is 16.5. The Labute approximate surface area is 173 Å². The van der Waals surface area contributed by atoms with E-state index in [4.69, 9.17) is 18.9 Å². The molecule has 4 rings (SSSR count). The number of hydrogen-bond acceptors (Lipinski definition) is 7. The van der Waals surface area contributed by atoms with Gasteiger partial charge in [-0.3, -0.25) is 4.79 Å². The van der Waals surface area contributed by atoms with Gasteiger partial charge in [-0.25, -0.2) is 9.97 Å². The fourth-order valence-corrected chi connectivity index (χ4v) is 3.55. The van der Waals surface area contributed by atoms with Crippen LogP contribution in [0.15, 0.2) is 24.5 Å². The number of nitrogens with zero attached hydrogens (tertiary/aromatic N) is 2. The molecule has 2 N–H and O–H groups in total. The van der Waals surface area contributed by atoms with Gasteiger partial charge in [0.25, 0.3) is 5.91 Å². The van der Waals surface area contributed by atoms with Crippen LogP contribution in [0.3, 0.4) is 0 Å². The number of hydrogen-bond donors (Lipinski definition) is 2. The van der Waals surface area contributed by atoms with Crippen molar-refractivity contribution in [3.8, 4) is 28.5 Å². The largest absolute Gasteiger partial charge is 0.493 e. The number of ether oxygens (including phenoxy) is 4. The molecule has 0 radical (unpaired) electrons. The monoisotopic (exact) mass is 412 g/mol. The molecule has 0 spiro atoms. The summed E-state index contributed by atoms with van der Waals surface area (Å²) in [6, 6.07) is 3.59. The van der Waals surface area contributed by atoms with Crippen LogP contribution in [-0.4, -0.2) is 61.4 Å². The first kappa shape index (κ1) is 20.0. The summed E-state index contributed by atoms with van der Waals surface area (Å²) in [7, 11) is 4.66. The molecule has 1 amide bonds. The average molecular weight is 412 g/mol. The van der Waals surface area contributed by atoms with Gasteiger partial charge in [0.15, 0.2) is 17.1 Å². The van der Waals surface area contributed by atoms with Crippen molar-refractivity contribution in [2.75, 3.05) is 34.5 Å². The number of H-pyrrole nitrogens is 1. The minimum atomic E-state index is -0.201. The number of aromatic nitrogens is 3. The summed E-state index contributed by atoms with van der Waals surface area (Å²) in [6.45, 7) is 1.26. The Morgan fingerprint density at radius 2 is 1.97 bits per heavy atom. The molecule has 9 nitrogen and oxygen atoms in total. The number of aromatic amines is 1. The molecule has 1 unspecified atom stereocenters. The Kier molecular flexibility index (Phi) is 5.71. The SMILES string of the molecule is COc1cc(-c2cnc3[nH]cc(C(=O)NC4CCCOC4)c3n2)cc(OC)c1OC. The van der Waals surface area contributed by atoms with Crippen molar-refractivity contribution >= 4 is 17.1 Å². The molecule has 3 heterocycles. The van der Waals surface area contributed by atoms with Gasteiger partial charge < -0.3 is 29.2 Å². The van der Waals surface area contributed by atoms with E-state index in [-0.39, 0.29) is 11.9 Å². The molecule has 2 aromatic heterocycles. The van der Waals surface area contributed by atoms with E-state index < -0.39 is 0 Å². The van der Waals surface area contributed by atoms with E-state index >= 15 is 0 Å². The Hall–Kier alpha value is -3.33. The quantitative estimate of drug-likeness (QED) is 0.641. The number of carbonyl (C=O) groups excluding carboxylic acids is 1. The zero-order valence-electron chi connectivity index (χ0n) is 17.2. The van der Waals surface area contributed by atoms with Gasteiger partial charge in [-0.05, 0) is 25.0 Å². The Morgan fingerprint density at radius 3 is 2.60 bits per heavy atom. The van der Waals surface area contributed by atoms with Crippen molar-refractivity contribution in [2.24, 2.45) is 0 Å². The molecule has 1 saturated heterocycles. The smallest absolute Gasteiger partial charge is 0.255 e. The van der Waals surface area contributed by atoms with E-state index in [1.165, 1.54) is 0 Å². The highest BCUT2D eigenvalue weighted by Gasteiger charge is 2.21. The molecule has 158 valence electrons. The molecule has 0 bridgehead atoms. The number of amides is 1. The summed E-state index contributed by atoms with van der Waals surface area (Å²) in [5.74, 6) is 1.32. The van der Waals surface area contributed by atoms with Gasteiger partial charge in [0, 0.05) is 18.4 Å². The van der Waals surface area contributed by atoms with Crippen LogP contribution in [0.4, 0.5) is 0 Å². The number of rotatable bonds is 6. The van der Waals surface area contributed by atoms with E-state index in [9.17, 15) is 4.79 Å². The number of methoxy groups -OCH3 is 3. The first-order valence-electron chi connectivity index (χ1n) is 9.67. The number of benzene rings is 1. The fourth-order valence-electron chi connectivity index (χ4n) is 3.55. The van der Waals surface area contributed by atoms with Crippen LogP contribution in [0.5, 0.6) is 17.2 Å². The zero-order chi connectivity index (χ0) is 21.1. The van der Waals surface area contributed by atoms with Crippen LogP contribution in [0.2, 0.25) is 0 Å². The van der Waals surface area contributed by atoms with Crippen molar-refractivity contribution in [3.05, 3.63) is 30.1 Å². The number of fused-ring (bicyclic) bond motifs is 1. The van der Waals surface area contributed by atoms with Crippen molar-refractivity contribution < 1.29 is 23.7 Å². The van der Waals surface area contributed by atoms with Crippen molar-refractivity contribution in [1.29, 1.82) is 0 Å². The van der Waals surface area contributed by atoms with Crippen LogP contribution in [0.25, 0.3) is 22.4 Å². The maximum Gasteiger partial charge on any atom is 0.255 e. The van der Waals surface area contributed by atoms with Gasteiger partial charge in [0.05, 0.1) is 51.4 Å². The molecule has 1 aliphatic heterocycles. The molecule has 0 aliphatic carbocycles. The van der Waals surface area contributed by atoms with Crippen molar-refractivity contribution in [1.82, 2.24) is 20.3 Å². The van der Waals surface area contributed by atoms with Crippen LogP contribution >= 0.6 is 0 Å². The summed E-state index contributed by atoms with van der Waals surface area (Å²) in [5, 5.41) is 3.02. The third-order valence-electron chi connectivity index (χ3n) is 5.08. The van der Waals surface area contributed by atoms with E-state index in [0.29, 0.717) is 46.3 Å². The second-order valence-electron chi connectivity index (χ2n) is 6.96. The lowest BCUT2D eigenvalue weighted by atomic mass is 10.1. The number of nitrogens with one attached hydrogen (secondary N) is 2. The molecule has 0 saturated carbocycles. The van der Waals surface area contributed by atoms with E-state index in [1.807, 2.05) is 0 Å². The van der Waals surface area contributed by atoms with E-state index in [2.05, 4.69) is 20.3 Å². The molecule has 1 aliphatic rings. The molecule has 1 aromatic carbocycles. The number of carbonyl (C=O) groups is 1. The first-order valence-corrected chi connectivity index (χ1v) is 9.67. The minimum absolute atomic E-state index is 0.00227. The average Bonchev–Trinajstić information content (AvgIpc) is 3.22. The summed E-state index contributed by atoms with van der Waals surface area (Å²) in [4.78, 5) is 24.9. The van der Waals surface area contributed by atoms with Crippen molar-refractivity contribution in [3.63, 3.8) is 0 Å². The van der Waals surface area contributed by atoms with Gasteiger partial charge in [-0.2, -0.15) is 0 Å². The third-order valence-corrected chi connectivity index (χ3v) is 5.08. The van der Waals surface area contributed by atoms with Gasteiger partial charge >= 0.3 is 0 Å². The van der Waals surface area contributed by atoms with Gasteiger partial charge in [-0.1, -0.05) is 0 Å². The summed E-state index contributed by atoms with van der Waals surface area (Å²) >= 11 is 0. The summed E-state index contributed by atoms with van der Waals surface area (Å²) < 4.78 is 21.7. The molecule has 9 heteroatoms. The van der Waals surface area contributed by atoms with Crippen LogP contribution in [0.1, 0.15) is 23.2 Å². The lowest BCUT2D eigenvalue weighted by Crippen LogP contribution is -2.40. The second-order valence-corrected chi connectivity index (χ2v) is 6.96. The van der Waals surface area contributed by atoms with E-state index in [0.717, 1.165) is 25.0 Å². The van der Waals surface area contributed by atoms with Gasteiger partial charge in [0.2, 0.25) is 5.75 Å². The molecule has 1 fully saturated rings. The maximum absolute atomic E-state index is 12.8. The Balaban J connectivity index is 1.70. The summed E-state index contributed by atoms with van der Waals surface area (Å²) in [5.41, 5.74) is 2.78. The first-order chi connectivity index (χ1) is 14.6. The highest BCUT2D eigenvalue weighted by Crippen LogP contribution is 2.40. The van der Waals surface area contributed by atoms with Crippen LogP contribution in [-0.2, 0) is 4.74 Å². The molecule has 1 atom stereocenters. The Morgan fingerprint density at radius 1 is 1.20 bits per heavy atom. The van der Waals surface area contributed by atoms with E-state index in [1.54, 1.807) is 45.9 Å². The molecule has 30 heavy (non-hydrogen) atoms. The lowest BCUT2D eigenvalue weighted by Gasteiger charge is -2.22. The highest BCUT2D eigenvalue weighted by molar-refractivity contribution is 6.04. The molecular formula is C21H24N4O5. The maximum atomic E-state index is 12.8. The van der Waals surface area contributed by atoms with Gasteiger partial charge in [0.1, 0.15) is 5.52 Å². The minimum Gasteiger partial charge on any atom is -0.493 e. The second kappa shape index (κ2) is 8.58. The van der Waals surface area contributed by atoms with Crippen LogP contribution in [0, 0.1) is 0 Å². The van der Waals surface area contributed by atoms with Gasteiger partial charge in [-0.15, -0.1) is 0 Å². The fraction of sp³-hybridized carbons (Fsp3) is 0.381. The lowest BCUT2D eigenvalue weighted by molar-refractivity contribution is 0.0625. The standard InChI is InChI=1S/C21H24N4O5/c1-27-16-7-12(8-17(28-2)19(16)29-3)15-10-23-20-18(25-15)14(9-22-20)21(26)24-13-5-4-6-30-11-13/h7-10,13H,4-6,11H2,1-3H3,(H,22,23)(H,24,26).